The van der Waals surface area contributed by atoms with Crippen LogP contribution in [0.3, 0.4) is 0 Å². The van der Waals surface area contributed by atoms with Gasteiger partial charge in [-0.25, -0.2) is 0 Å². The van der Waals surface area contributed by atoms with Crippen LogP contribution in [-0.4, -0.2) is 4.57 Å². The molecule has 5 rings (SSSR count). The second kappa shape index (κ2) is 6.56. The Morgan fingerprint density at radius 1 is 0.667 bits per heavy atom. The molecule has 130 valence electrons. The van der Waals surface area contributed by atoms with E-state index in [1.165, 1.54) is 11.1 Å². The van der Waals surface area contributed by atoms with E-state index in [1.807, 2.05) is 12.1 Å². The van der Waals surface area contributed by atoms with Crippen molar-refractivity contribution >= 4 is 49.3 Å². The number of rotatable bonds is 2. The van der Waals surface area contributed by atoms with Gasteiger partial charge in [-0.1, -0.05) is 88.2 Å². The van der Waals surface area contributed by atoms with Crippen LogP contribution in [0.2, 0.25) is 5.02 Å². The lowest BCUT2D eigenvalue weighted by molar-refractivity contribution is 1.18. The summed E-state index contributed by atoms with van der Waals surface area (Å²) in [5.41, 5.74) is 5.77. The first-order valence-electron chi connectivity index (χ1n) is 8.76. The van der Waals surface area contributed by atoms with Gasteiger partial charge in [-0.05, 0) is 41.5 Å². The fourth-order valence-corrected chi connectivity index (χ4v) is 4.64. The molecule has 3 heteroatoms. The average molecular weight is 433 g/mol. The van der Waals surface area contributed by atoms with Gasteiger partial charge in [0, 0.05) is 20.9 Å². The summed E-state index contributed by atoms with van der Waals surface area (Å²) < 4.78 is 3.26. The fraction of sp³-hybridized carbons (Fsp3) is 0. The maximum Gasteiger partial charge on any atom is 0.0567 e. The average Bonchev–Trinajstić information content (AvgIpc) is 3.03. The van der Waals surface area contributed by atoms with Gasteiger partial charge in [0.15, 0.2) is 0 Å². The molecule has 0 aliphatic heterocycles. The van der Waals surface area contributed by atoms with E-state index in [0.29, 0.717) is 0 Å². The Labute approximate surface area is 170 Å². The van der Waals surface area contributed by atoms with Crippen LogP contribution < -0.4 is 0 Å². The highest BCUT2D eigenvalue weighted by molar-refractivity contribution is 9.10. The Kier molecular flexibility index (Phi) is 4.04. The van der Waals surface area contributed by atoms with E-state index >= 15 is 0 Å². The number of nitrogens with zero attached hydrogens (tertiary/aromatic N) is 1. The maximum absolute atomic E-state index is 6.63. The van der Waals surface area contributed by atoms with E-state index in [0.717, 1.165) is 37.0 Å². The van der Waals surface area contributed by atoms with Crippen molar-refractivity contribution in [3.8, 4) is 16.8 Å². The molecule has 0 fully saturated rings. The molecule has 0 spiro atoms. The molecule has 0 aliphatic carbocycles. The number of benzene rings is 4. The first kappa shape index (κ1) is 16.6. The molecule has 5 aromatic rings. The van der Waals surface area contributed by atoms with Gasteiger partial charge in [-0.15, -0.1) is 0 Å². The lowest BCUT2D eigenvalue weighted by Gasteiger charge is -2.10. The van der Waals surface area contributed by atoms with Gasteiger partial charge in [0.2, 0.25) is 0 Å². The molecular weight excluding hydrogens is 418 g/mol. The predicted octanol–water partition coefficient (Wildman–Crippen LogP) is 7.87. The third kappa shape index (κ3) is 2.77. The zero-order chi connectivity index (χ0) is 18.4. The first-order chi connectivity index (χ1) is 13.2. The lowest BCUT2D eigenvalue weighted by atomic mass is 10.1. The minimum Gasteiger partial charge on any atom is -0.309 e. The van der Waals surface area contributed by atoms with Crippen LogP contribution in [0.1, 0.15) is 0 Å². The molecule has 1 heterocycles. The monoisotopic (exact) mass is 431 g/mol. The number of hydrogen-bond acceptors (Lipinski definition) is 0. The summed E-state index contributed by atoms with van der Waals surface area (Å²) in [7, 11) is 0. The molecule has 0 saturated carbocycles. The Hall–Kier alpha value is -2.55. The van der Waals surface area contributed by atoms with Crippen molar-refractivity contribution in [2.75, 3.05) is 0 Å². The zero-order valence-corrected chi connectivity index (χ0v) is 16.7. The summed E-state index contributed by atoms with van der Waals surface area (Å²) in [6, 6.07) is 31.6. The summed E-state index contributed by atoms with van der Waals surface area (Å²) in [6.07, 6.45) is 0. The van der Waals surface area contributed by atoms with E-state index in [1.54, 1.807) is 0 Å². The Morgan fingerprint density at radius 3 is 2.26 bits per heavy atom. The number of fused-ring (bicyclic) bond motifs is 3. The quantitative estimate of drug-likeness (QED) is 0.267. The lowest BCUT2D eigenvalue weighted by Crippen LogP contribution is -1.94. The van der Waals surface area contributed by atoms with E-state index in [2.05, 4.69) is 99.4 Å². The van der Waals surface area contributed by atoms with E-state index in [9.17, 15) is 0 Å². The summed E-state index contributed by atoms with van der Waals surface area (Å²) in [6.45, 7) is 0. The molecule has 1 nitrogen and oxygen atoms in total. The summed E-state index contributed by atoms with van der Waals surface area (Å²) >= 11 is 10.2. The summed E-state index contributed by atoms with van der Waals surface area (Å²) in [5.74, 6) is 0. The third-order valence-corrected chi connectivity index (χ3v) is 5.66. The zero-order valence-electron chi connectivity index (χ0n) is 14.4. The largest absolute Gasteiger partial charge is 0.309 e. The van der Waals surface area contributed by atoms with Crippen LogP contribution in [-0.2, 0) is 0 Å². The topological polar surface area (TPSA) is 4.93 Å². The molecule has 0 bridgehead atoms. The molecule has 0 atom stereocenters. The molecular formula is C24H15BrClN. The number of hydrogen-bond donors (Lipinski definition) is 0. The fourth-order valence-electron chi connectivity index (χ4n) is 3.75. The van der Waals surface area contributed by atoms with Gasteiger partial charge in [0.05, 0.1) is 16.1 Å². The molecule has 0 N–H and O–H groups in total. The summed E-state index contributed by atoms with van der Waals surface area (Å²) in [4.78, 5) is 0. The Morgan fingerprint density at radius 2 is 1.41 bits per heavy atom. The Bertz CT molecular complexity index is 1290. The molecule has 27 heavy (non-hydrogen) atoms. The SMILES string of the molecule is Clc1cc(Br)cc2c1c1ccccc1n2-c1cccc(-c2ccccc2)c1. The second-order valence-electron chi connectivity index (χ2n) is 6.55. The van der Waals surface area contributed by atoms with Crippen molar-refractivity contribution in [3.05, 3.63) is 100 Å². The van der Waals surface area contributed by atoms with Crippen LogP contribution in [0.15, 0.2) is 95.5 Å². The van der Waals surface area contributed by atoms with Crippen molar-refractivity contribution in [3.63, 3.8) is 0 Å². The third-order valence-electron chi connectivity index (χ3n) is 4.90. The van der Waals surface area contributed by atoms with Gasteiger partial charge >= 0.3 is 0 Å². The second-order valence-corrected chi connectivity index (χ2v) is 7.87. The van der Waals surface area contributed by atoms with Gasteiger partial charge in [-0.3, -0.25) is 0 Å². The minimum absolute atomic E-state index is 0.758. The molecule has 4 aromatic carbocycles. The van der Waals surface area contributed by atoms with Gasteiger partial charge in [0.25, 0.3) is 0 Å². The molecule has 0 amide bonds. The van der Waals surface area contributed by atoms with E-state index < -0.39 is 0 Å². The van der Waals surface area contributed by atoms with Crippen molar-refractivity contribution in [2.24, 2.45) is 0 Å². The normalized spacial score (nSPS) is 11.3. The number of halogens is 2. The molecule has 0 unspecified atom stereocenters. The van der Waals surface area contributed by atoms with Crippen LogP contribution >= 0.6 is 27.5 Å². The maximum atomic E-state index is 6.63. The molecule has 0 radical (unpaired) electrons. The first-order valence-corrected chi connectivity index (χ1v) is 9.93. The number of para-hydroxylation sites is 1. The smallest absolute Gasteiger partial charge is 0.0567 e. The van der Waals surface area contributed by atoms with E-state index in [4.69, 9.17) is 11.6 Å². The van der Waals surface area contributed by atoms with Crippen molar-refractivity contribution < 1.29 is 0 Å². The predicted molar refractivity (Wildman–Crippen MR) is 119 cm³/mol. The highest BCUT2D eigenvalue weighted by Gasteiger charge is 2.15. The van der Waals surface area contributed by atoms with Crippen LogP contribution in [0.5, 0.6) is 0 Å². The molecule has 0 saturated heterocycles. The highest BCUT2D eigenvalue weighted by atomic mass is 79.9. The van der Waals surface area contributed by atoms with E-state index in [-0.39, 0.29) is 0 Å². The van der Waals surface area contributed by atoms with Crippen LogP contribution in [0, 0.1) is 0 Å². The highest BCUT2D eigenvalue weighted by Crippen LogP contribution is 2.38. The van der Waals surface area contributed by atoms with Gasteiger partial charge in [0.1, 0.15) is 0 Å². The Balaban J connectivity index is 1.85. The minimum atomic E-state index is 0.758. The van der Waals surface area contributed by atoms with Gasteiger partial charge < -0.3 is 4.57 Å². The van der Waals surface area contributed by atoms with Crippen molar-refractivity contribution in [2.45, 2.75) is 0 Å². The number of aromatic nitrogens is 1. The van der Waals surface area contributed by atoms with Crippen LogP contribution in [0.4, 0.5) is 0 Å². The molecule has 0 aliphatic rings. The standard InChI is InChI=1S/C24H15BrClN/c25-18-14-21(26)24-20-11-4-5-12-22(20)27(23(24)15-18)19-10-6-9-17(13-19)16-7-2-1-3-8-16/h1-15H. The van der Waals surface area contributed by atoms with Crippen LogP contribution in [0.25, 0.3) is 38.6 Å². The molecule has 1 aromatic heterocycles. The van der Waals surface area contributed by atoms with Crippen molar-refractivity contribution in [1.82, 2.24) is 4.57 Å². The van der Waals surface area contributed by atoms with Gasteiger partial charge in [-0.2, -0.15) is 0 Å². The summed E-state index contributed by atoms with van der Waals surface area (Å²) in [5, 5.41) is 3.00. The van der Waals surface area contributed by atoms with Crippen molar-refractivity contribution in [1.29, 1.82) is 0 Å².